The molecule has 0 fully saturated rings. The second-order valence-electron chi connectivity index (χ2n) is 4.66. The molecule has 1 aromatic carbocycles. The van der Waals surface area contributed by atoms with E-state index in [9.17, 15) is 4.79 Å². The third-order valence-electron chi connectivity index (χ3n) is 3.24. The Morgan fingerprint density at radius 2 is 2.17 bits per heavy atom. The van der Waals surface area contributed by atoms with Gasteiger partial charge in [0, 0.05) is 17.1 Å². The zero-order valence-corrected chi connectivity index (χ0v) is 10.9. The number of hydrogen-bond donors (Lipinski definition) is 3. The molecular formula is C14H18N2O2. The van der Waals surface area contributed by atoms with Crippen molar-refractivity contribution in [1.82, 2.24) is 10.3 Å². The third kappa shape index (κ3) is 2.11. The SMILES string of the molecule is Cc1[nH]c2c(C(=O)NC(C)CO)cccc2c1C. The highest BCUT2D eigenvalue weighted by Gasteiger charge is 2.15. The fourth-order valence-corrected chi connectivity index (χ4v) is 2.02. The van der Waals surface area contributed by atoms with Crippen molar-refractivity contribution in [2.24, 2.45) is 0 Å². The van der Waals surface area contributed by atoms with E-state index in [4.69, 9.17) is 5.11 Å². The van der Waals surface area contributed by atoms with Gasteiger partial charge in [0.05, 0.1) is 17.7 Å². The predicted molar refractivity (Wildman–Crippen MR) is 71.8 cm³/mol. The summed E-state index contributed by atoms with van der Waals surface area (Å²) in [5.74, 6) is -0.164. The lowest BCUT2D eigenvalue weighted by molar-refractivity contribution is 0.0924. The Balaban J connectivity index is 2.45. The van der Waals surface area contributed by atoms with E-state index in [1.807, 2.05) is 26.0 Å². The molecule has 1 amide bonds. The summed E-state index contributed by atoms with van der Waals surface area (Å²) >= 11 is 0. The number of carbonyl (C=O) groups is 1. The minimum atomic E-state index is -0.245. The Hall–Kier alpha value is -1.81. The molecule has 0 saturated heterocycles. The smallest absolute Gasteiger partial charge is 0.253 e. The van der Waals surface area contributed by atoms with Gasteiger partial charge in [-0.15, -0.1) is 0 Å². The Morgan fingerprint density at radius 3 is 2.83 bits per heavy atom. The van der Waals surface area contributed by atoms with Crippen molar-refractivity contribution in [2.75, 3.05) is 6.61 Å². The zero-order chi connectivity index (χ0) is 13.3. The van der Waals surface area contributed by atoms with Gasteiger partial charge in [-0.1, -0.05) is 12.1 Å². The summed E-state index contributed by atoms with van der Waals surface area (Å²) < 4.78 is 0. The van der Waals surface area contributed by atoms with Crippen molar-refractivity contribution >= 4 is 16.8 Å². The molecule has 3 N–H and O–H groups in total. The number of hydrogen-bond acceptors (Lipinski definition) is 2. The monoisotopic (exact) mass is 246 g/mol. The van der Waals surface area contributed by atoms with Gasteiger partial charge in [0.25, 0.3) is 5.91 Å². The number of H-pyrrole nitrogens is 1. The quantitative estimate of drug-likeness (QED) is 0.774. The van der Waals surface area contributed by atoms with E-state index in [-0.39, 0.29) is 18.6 Å². The molecule has 0 bridgehead atoms. The van der Waals surface area contributed by atoms with Gasteiger partial charge >= 0.3 is 0 Å². The molecule has 2 rings (SSSR count). The third-order valence-corrected chi connectivity index (χ3v) is 3.24. The molecule has 1 aromatic heterocycles. The van der Waals surface area contributed by atoms with Crippen LogP contribution >= 0.6 is 0 Å². The second kappa shape index (κ2) is 4.82. The van der Waals surface area contributed by atoms with Crippen molar-refractivity contribution in [3.05, 3.63) is 35.0 Å². The van der Waals surface area contributed by atoms with Crippen LogP contribution in [-0.2, 0) is 0 Å². The Morgan fingerprint density at radius 1 is 1.44 bits per heavy atom. The lowest BCUT2D eigenvalue weighted by Crippen LogP contribution is -2.35. The minimum absolute atomic E-state index is 0.0650. The largest absolute Gasteiger partial charge is 0.394 e. The van der Waals surface area contributed by atoms with Crippen LogP contribution in [0.1, 0.15) is 28.5 Å². The van der Waals surface area contributed by atoms with Gasteiger partial charge in [-0.3, -0.25) is 4.79 Å². The number of aromatic nitrogens is 1. The van der Waals surface area contributed by atoms with Gasteiger partial charge in [0.2, 0.25) is 0 Å². The summed E-state index contributed by atoms with van der Waals surface area (Å²) in [6, 6.07) is 5.42. The summed E-state index contributed by atoms with van der Waals surface area (Å²) in [4.78, 5) is 15.4. The summed E-state index contributed by atoms with van der Waals surface area (Å²) in [6.07, 6.45) is 0. The lowest BCUT2D eigenvalue weighted by Gasteiger charge is -2.11. The Bertz CT molecular complexity index is 587. The van der Waals surface area contributed by atoms with Gasteiger partial charge in [-0.05, 0) is 32.4 Å². The molecule has 18 heavy (non-hydrogen) atoms. The molecule has 96 valence electrons. The summed E-state index contributed by atoms with van der Waals surface area (Å²) in [7, 11) is 0. The van der Waals surface area contributed by atoms with Gasteiger partial charge in [-0.25, -0.2) is 0 Å². The van der Waals surface area contributed by atoms with E-state index < -0.39 is 0 Å². The number of benzene rings is 1. The topological polar surface area (TPSA) is 65.1 Å². The van der Waals surface area contributed by atoms with E-state index in [2.05, 4.69) is 10.3 Å². The van der Waals surface area contributed by atoms with Crippen LogP contribution in [0.2, 0.25) is 0 Å². The van der Waals surface area contributed by atoms with Crippen LogP contribution in [0.15, 0.2) is 18.2 Å². The maximum Gasteiger partial charge on any atom is 0.253 e. The number of aliphatic hydroxyl groups is 1. The first kappa shape index (κ1) is 12.6. The maximum absolute atomic E-state index is 12.1. The van der Waals surface area contributed by atoms with Crippen molar-refractivity contribution in [2.45, 2.75) is 26.8 Å². The van der Waals surface area contributed by atoms with Crippen molar-refractivity contribution in [1.29, 1.82) is 0 Å². The van der Waals surface area contributed by atoms with Crippen LogP contribution in [-0.4, -0.2) is 28.6 Å². The molecule has 4 nitrogen and oxygen atoms in total. The number of rotatable bonds is 3. The standard InChI is InChI=1S/C14H18N2O2/c1-8(7-17)15-14(18)12-6-4-5-11-9(2)10(3)16-13(11)12/h4-6,8,16-17H,7H2,1-3H3,(H,15,18). The van der Waals surface area contributed by atoms with E-state index in [0.29, 0.717) is 5.56 Å². The number of aliphatic hydroxyl groups excluding tert-OH is 1. The van der Waals surface area contributed by atoms with Gasteiger partial charge in [0.1, 0.15) is 0 Å². The number of aryl methyl sites for hydroxylation is 2. The van der Waals surface area contributed by atoms with Crippen molar-refractivity contribution < 1.29 is 9.90 Å². The van der Waals surface area contributed by atoms with Crippen molar-refractivity contribution in [3.63, 3.8) is 0 Å². The minimum Gasteiger partial charge on any atom is -0.394 e. The number of nitrogens with one attached hydrogen (secondary N) is 2. The van der Waals surface area contributed by atoms with Crippen LogP contribution in [0.25, 0.3) is 10.9 Å². The molecule has 0 aliphatic rings. The average molecular weight is 246 g/mol. The van der Waals surface area contributed by atoms with E-state index >= 15 is 0 Å². The van der Waals surface area contributed by atoms with Gasteiger partial charge in [-0.2, -0.15) is 0 Å². The van der Waals surface area contributed by atoms with Crippen molar-refractivity contribution in [3.8, 4) is 0 Å². The number of para-hydroxylation sites is 1. The summed E-state index contributed by atoms with van der Waals surface area (Å²) in [6.45, 7) is 5.73. The fourth-order valence-electron chi connectivity index (χ4n) is 2.02. The van der Waals surface area contributed by atoms with Gasteiger partial charge < -0.3 is 15.4 Å². The first-order valence-electron chi connectivity index (χ1n) is 6.04. The van der Waals surface area contributed by atoms with E-state index in [1.54, 1.807) is 13.0 Å². The lowest BCUT2D eigenvalue weighted by atomic mass is 10.1. The molecule has 2 aromatic rings. The zero-order valence-electron chi connectivity index (χ0n) is 10.9. The first-order valence-corrected chi connectivity index (χ1v) is 6.04. The Kier molecular flexibility index (Phi) is 3.39. The van der Waals surface area contributed by atoms with Crippen LogP contribution in [0, 0.1) is 13.8 Å². The number of carbonyl (C=O) groups excluding carboxylic acids is 1. The van der Waals surface area contributed by atoms with Crippen LogP contribution in [0.5, 0.6) is 0 Å². The Labute approximate surface area is 106 Å². The number of aromatic amines is 1. The molecule has 0 radical (unpaired) electrons. The molecule has 1 atom stereocenters. The molecule has 4 heteroatoms. The molecule has 0 spiro atoms. The highest BCUT2D eigenvalue weighted by molar-refractivity contribution is 6.06. The molecule has 1 heterocycles. The van der Waals surface area contributed by atoms with Gasteiger partial charge in [0.15, 0.2) is 0 Å². The fraction of sp³-hybridized carbons (Fsp3) is 0.357. The number of amides is 1. The normalized spacial score (nSPS) is 12.7. The summed E-state index contributed by atoms with van der Waals surface area (Å²) in [5.41, 5.74) is 3.70. The van der Waals surface area contributed by atoms with E-state index in [1.165, 1.54) is 0 Å². The highest BCUT2D eigenvalue weighted by atomic mass is 16.3. The molecule has 1 unspecified atom stereocenters. The van der Waals surface area contributed by atoms with Crippen LogP contribution in [0.4, 0.5) is 0 Å². The van der Waals surface area contributed by atoms with E-state index in [0.717, 1.165) is 22.2 Å². The highest BCUT2D eigenvalue weighted by Crippen LogP contribution is 2.24. The predicted octanol–water partition coefficient (Wildman–Crippen LogP) is 1.90. The number of fused-ring (bicyclic) bond motifs is 1. The van der Waals surface area contributed by atoms with Crippen LogP contribution in [0.3, 0.4) is 0 Å². The average Bonchev–Trinajstić information content (AvgIpc) is 2.65. The maximum atomic E-state index is 12.1. The van der Waals surface area contributed by atoms with Crippen LogP contribution < -0.4 is 5.32 Å². The molecule has 0 aliphatic carbocycles. The summed E-state index contributed by atoms with van der Waals surface area (Å²) in [5, 5.41) is 12.8. The molecule has 0 aliphatic heterocycles. The molecular weight excluding hydrogens is 228 g/mol. The molecule has 0 saturated carbocycles. The first-order chi connectivity index (χ1) is 8.54. The second-order valence-corrected chi connectivity index (χ2v) is 4.66.